The smallest absolute Gasteiger partial charge is 0.246 e. The molecule has 2 aromatic rings. The van der Waals surface area contributed by atoms with Crippen LogP contribution in [0.1, 0.15) is 32.2 Å². The number of rotatable bonds is 5. The van der Waals surface area contributed by atoms with Gasteiger partial charge in [-0.1, -0.05) is 0 Å². The molecule has 0 bridgehead atoms. The Bertz CT molecular complexity index is 1030. The van der Waals surface area contributed by atoms with E-state index in [4.69, 9.17) is 0 Å². The molecule has 1 aromatic heterocycles. The molecule has 0 unspecified atom stereocenters. The highest BCUT2D eigenvalue weighted by Gasteiger charge is 2.29. The molecule has 2 N–H and O–H groups in total. The Morgan fingerprint density at radius 1 is 1.14 bits per heavy atom. The minimum Gasteiger partial charge on any atom is -0.322 e. The van der Waals surface area contributed by atoms with Gasteiger partial charge in [0.15, 0.2) is 17.5 Å². The Hall–Kier alpha value is -2.40. The van der Waals surface area contributed by atoms with E-state index < -0.39 is 51.2 Å². The van der Waals surface area contributed by atoms with Crippen molar-refractivity contribution in [3.8, 4) is 0 Å². The van der Waals surface area contributed by atoms with Crippen LogP contribution in [0.25, 0.3) is 0 Å². The van der Waals surface area contributed by atoms with Crippen molar-refractivity contribution in [2.45, 2.75) is 51.6 Å². The zero-order valence-electron chi connectivity index (χ0n) is 16.0. The average Bonchev–Trinajstić information content (AvgIpc) is 2.80. The molecule has 0 radical (unpaired) electrons. The summed E-state index contributed by atoms with van der Waals surface area (Å²) in [5, 5.41) is 6.16. The Labute approximate surface area is 161 Å². The third kappa shape index (κ3) is 4.71. The fourth-order valence-corrected chi connectivity index (χ4v) is 4.46. The largest absolute Gasteiger partial charge is 0.322 e. The van der Waals surface area contributed by atoms with E-state index in [1.807, 2.05) is 0 Å². The molecule has 11 heteroatoms. The van der Waals surface area contributed by atoms with Gasteiger partial charge in [0.25, 0.3) is 0 Å². The van der Waals surface area contributed by atoms with Gasteiger partial charge < -0.3 is 5.32 Å². The summed E-state index contributed by atoms with van der Waals surface area (Å²) in [6, 6.07) is 1.57. The number of hydrogen-bond acceptors (Lipinski definition) is 4. The van der Waals surface area contributed by atoms with E-state index in [1.165, 1.54) is 13.8 Å². The van der Waals surface area contributed by atoms with Gasteiger partial charge in [-0.15, -0.1) is 0 Å². The molecular weight excluding hydrogens is 397 g/mol. The van der Waals surface area contributed by atoms with Crippen LogP contribution in [0.3, 0.4) is 0 Å². The second-order valence-electron chi connectivity index (χ2n) is 7.28. The van der Waals surface area contributed by atoms with Gasteiger partial charge in [0, 0.05) is 5.54 Å². The Kier molecular flexibility index (Phi) is 5.90. The summed E-state index contributed by atoms with van der Waals surface area (Å²) in [6.45, 7) is 7.56. The molecule has 0 aliphatic carbocycles. The number of amides is 1. The monoisotopic (exact) mass is 418 g/mol. The quantitative estimate of drug-likeness (QED) is 0.730. The summed E-state index contributed by atoms with van der Waals surface area (Å²) < 4.78 is 68.8. The number of halogens is 3. The van der Waals surface area contributed by atoms with Crippen LogP contribution in [-0.2, 0) is 21.4 Å². The molecule has 0 atom stereocenters. The van der Waals surface area contributed by atoms with Gasteiger partial charge in [-0.3, -0.25) is 9.48 Å². The van der Waals surface area contributed by atoms with Crippen LogP contribution in [0.4, 0.5) is 18.9 Å². The summed E-state index contributed by atoms with van der Waals surface area (Å²) in [5.41, 5.74) is -0.870. The number of hydrogen-bond donors (Lipinski definition) is 2. The van der Waals surface area contributed by atoms with E-state index in [9.17, 15) is 26.4 Å². The average molecular weight is 418 g/mol. The third-order valence-electron chi connectivity index (χ3n) is 3.63. The molecule has 0 aliphatic rings. The summed E-state index contributed by atoms with van der Waals surface area (Å²) in [5.74, 6) is -5.40. The highest BCUT2D eigenvalue weighted by Crippen LogP contribution is 2.22. The maximum Gasteiger partial charge on any atom is 0.246 e. The summed E-state index contributed by atoms with van der Waals surface area (Å²) in [7, 11) is -3.89. The Morgan fingerprint density at radius 3 is 2.32 bits per heavy atom. The van der Waals surface area contributed by atoms with E-state index in [1.54, 1.807) is 20.8 Å². The van der Waals surface area contributed by atoms with Crippen LogP contribution in [0, 0.1) is 31.3 Å². The lowest BCUT2D eigenvalue weighted by atomic mass is 10.1. The lowest BCUT2D eigenvalue weighted by molar-refractivity contribution is -0.117. The van der Waals surface area contributed by atoms with E-state index in [0.717, 1.165) is 10.7 Å². The van der Waals surface area contributed by atoms with Gasteiger partial charge in [-0.25, -0.2) is 26.3 Å². The second kappa shape index (κ2) is 7.55. The lowest BCUT2D eigenvalue weighted by Gasteiger charge is -2.20. The highest BCUT2D eigenvalue weighted by molar-refractivity contribution is 7.89. The molecule has 7 nitrogen and oxygen atoms in total. The van der Waals surface area contributed by atoms with Crippen LogP contribution >= 0.6 is 0 Å². The first-order chi connectivity index (χ1) is 12.7. The standard InChI is InChI=1S/C17H21F3N4O3S/c1-9-16(28(26,27)23-17(3,4)5)10(2)24(22-9)8-13(25)21-12-7-6-11(18)14(19)15(12)20/h6-7,23H,8H2,1-5H3,(H,21,25). The maximum atomic E-state index is 13.7. The van der Waals surface area contributed by atoms with Crippen molar-refractivity contribution in [2.24, 2.45) is 0 Å². The zero-order valence-corrected chi connectivity index (χ0v) is 16.8. The fourth-order valence-electron chi connectivity index (χ4n) is 2.63. The van der Waals surface area contributed by atoms with Crippen molar-refractivity contribution in [2.75, 3.05) is 5.32 Å². The second-order valence-corrected chi connectivity index (χ2v) is 8.90. The molecule has 0 spiro atoms. The molecule has 0 saturated heterocycles. The molecule has 0 saturated carbocycles. The van der Waals surface area contributed by atoms with Gasteiger partial charge in [0.05, 0.1) is 17.1 Å². The van der Waals surface area contributed by atoms with E-state index in [2.05, 4.69) is 15.1 Å². The molecular formula is C17H21F3N4O3S. The lowest BCUT2D eigenvalue weighted by Crippen LogP contribution is -2.40. The number of nitrogens with one attached hydrogen (secondary N) is 2. The minimum atomic E-state index is -3.89. The topological polar surface area (TPSA) is 93.1 Å². The van der Waals surface area contributed by atoms with Crippen LogP contribution in [0.2, 0.25) is 0 Å². The van der Waals surface area contributed by atoms with E-state index in [0.29, 0.717) is 6.07 Å². The van der Waals surface area contributed by atoms with Gasteiger partial charge in [0.2, 0.25) is 15.9 Å². The predicted molar refractivity (Wildman–Crippen MR) is 96.7 cm³/mol. The molecule has 2 rings (SSSR count). The van der Waals surface area contributed by atoms with Crippen molar-refractivity contribution in [1.29, 1.82) is 0 Å². The maximum absolute atomic E-state index is 13.7. The highest BCUT2D eigenvalue weighted by atomic mass is 32.2. The van der Waals surface area contributed by atoms with Crippen molar-refractivity contribution < 1.29 is 26.4 Å². The number of aryl methyl sites for hydroxylation is 1. The van der Waals surface area contributed by atoms with Gasteiger partial charge in [-0.05, 0) is 46.8 Å². The summed E-state index contributed by atoms with van der Waals surface area (Å²) >= 11 is 0. The molecule has 154 valence electrons. The summed E-state index contributed by atoms with van der Waals surface area (Å²) in [6.07, 6.45) is 0. The van der Waals surface area contributed by atoms with Crippen LogP contribution < -0.4 is 10.0 Å². The molecule has 1 aromatic carbocycles. The van der Waals surface area contributed by atoms with Crippen molar-refractivity contribution in [3.63, 3.8) is 0 Å². The zero-order chi connectivity index (χ0) is 21.4. The SMILES string of the molecule is Cc1nn(CC(=O)Nc2ccc(F)c(F)c2F)c(C)c1S(=O)(=O)NC(C)(C)C. The number of carbonyl (C=O) groups excluding carboxylic acids is 1. The number of anilines is 1. The molecule has 1 amide bonds. The van der Waals surface area contributed by atoms with Crippen molar-refractivity contribution in [3.05, 3.63) is 41.0 Å². The normalized spacial score (nSPS) is 12.3. The first kappa shape index (κ1) is 21.9. The van der Waals surface area contributed by atoms with E-state index in [-0.39, 0.29) is 16.3 Å². The van der Waals surface area contributed by atoms with Gasteiger partial charge in [0.1, 0.15) is 11.4 Å². The number of sulfonamides is 1. The third-order valence-corrected chi connectivity index (χ3v) is 5.64. The van der Waals surface area contributed by atoms with E-state index >= 15 is 0 Å². The van der Waals surface area contributed by atoms with Gasteiger partial charge in [-0.2, -0.15) is 5.10 Å². The van der Waals surface area contributed by atoms with Crippen LogP contribution in [0.15, 0.2) is 17.0 Å². The number of carbonyl (C=O) groups is 1. The number of benzene rings is 1. The Balaban J connectivity index is 2.27. The van der Waals surface area contributed by atoms with Gasteiger partial charge >= 0.3 is 0 Å². The molecule has 1 heterocycles. The fraction of sp³-hybridized carbons (Fsp3) is 0.412. The first-order valence-corrected chi connectivity index (χ1v) is 9.72. The van der Waals surface area contributed by atoms with Crippen LogP contribution in [0.5, 0.6) is 0 Å². The minimum absolute atomic E-state index is 0.0609. The molecule has 28 heavy (non-hydrogen) atoms. The number of aromatic nitrogens is 2. The van der Waals surface area contributed by atoms with Crippen molar-refractivity contribution >= 4 is 21.6 Å². The predicted octanol–water partition coefficient (Wildman–Crippen LogP) is 2.63. The summed E-state index contributed by atoms with van der Waals surface area (Å²) in [4.78, 5) is 12.1. The number of nitrogens with zero attached hydrogens (tertiary/aromatic N) is 2. The first-order valence-electron chi connectivity index (χ1n) is 8.24. The van der Waals surface area contributed by atoms with Crippen LogP contribution in [-0.4, -0.2) is 29.6 Å². The molecule has 0 aliphatic heterocycles. The van der Waals surface area contributed by atoms with Crippen molar-refractivity contribution in [1.82, 2.24) is 14.5 Å². The molecule has 0 fully saturated rings. The Morgan fingerprint density at radius 2 is 1.75 bits per heavy atom.